The van der Waals surface area contributed by atoms with Crippen molar-refractivity contribution in [2.45, 2.75) is 30.9 Å². The lowest BCUT2D eigenvalue weighted by Crippen LogP contribution is -2.43. The number of hydrogen-bond acceptors (Lipinski definition) is 4. The van der Waals surface area contributed by atoms with Gasteiger partial charge in [0.05, 0.1) is 6.61 Å². The smallest absolute Gasteiger partial charge is 0.245 e. The Morgan fingerprint density at radius 2 is 1.83 bits per heavy atom. The number of piperidine rings is 1. The lowest BCUT2D eigenvalue weighted by molar-refractivity contribution is -0.126. The standard InChI is InChI=1S/C21H25FN2O4S/c1-28-15-17-6-4-5-16(13-17)14-23-21(25)18-9-11-24(12-10-18)29(26,27)20-8-3-2-7-19(20)22/h2-8,13,18H,9-12,14-15H2,1H3,(H,23,25). The normalized spacial score (nSPS) is 15.9. The van der Waals surface area contributed by atoms with E-state index in [1.807, 2.05) is 24.3 Å². The van der Waals surface area contributed by atoms with Crippen molar-refractivity contribution in [3.63, 3.8) is 0 Å². The predicted molar refractivity (Wildman–Crippen MR) is 107 cm³/mol. The van der Waals surface area contributed by atoms with Crippen LogP contribution in [-0.4, -0.2) is 38.8 Å². The first-order valence-corrected chi connectivity index (χ1v) is 10.9. The van der Waals surface area contributed by atoms with Gasteiger partial charge >= 0.3 is 0 Å². The molecule has 1 amide bonds. The van der Waals surface area contributed by atoms with Gasteiger partial charge in [-0.05, 0) is 36.1 Å². The third-order valence-electron chi connectivity index (χ3n) is 5.05. The summed E-state index contributed by atoms with van der Waals surface area (Å²) in [6, 6.07) is 13.1. The minimum absolute atomic E-state index is 0.0925. The van der Waals surface area contributed by atoms with E-state index in [1.165, 1.54) is 22.5 Å². The van der Waals surface area contributed by atoms with Gasteiger partial charge in [-0.1, -0.05) is 36.4 Å². The van der Waals surface area contributed by atoms with Gasteiger partial charge in [0.1, 0.15) is 10.7 Å². The average molecular weight is 421 g/mol. The summed E-state index contributed by atoms with van der Waals surface area (Å²) in [5.74, 6) is -1.11. The molecule has 1 aliphatic rings. The average Bonchev–Trinajstić information content (AvgIpc) is 2.73. The van der Waals surface area contributed by atoms with Crippen LogP contribution in [0.1, 0.15) is 24.0 Å². The summed E-state index contributed by atoms with van der Waals surface area (Å²) in [6.07, 6.45) is 0.812. The van der Waals surface area contributed by atoms with Crippen molar-refractivity contribution >= 4 is 15.9 Å². The number of methoxy groups -OCH3 is 1. The molecule has 0 aliphatic carbocycles. The van der Waals surface area contributed by atoms with Gasteiger partial charge < -0.3 is 10.1 Å². The topological polar surface area (TPSA) is 75.7 Å². The van der Waals surface area contributed by atoms with Crippen LogP contribution in [0, 0.1) is 11.7 Å². The summed E-state index contributed by atoms with van der Waals surface area (Å²) >= 11 is 0. The second-order valence-corrected chi connectivity index (χ2v) is 8.99. The van der Waals surface area contributed by atoms with Gasteiger partial charge in [0, 0.05) is 32.7 Å². The van der Waals surface area contributed by atoms with Crippen LogP contribution >= 0.6 is 0 Å². The van der Waals surface area contributed by atoms with Crippen molar-refractivity contribution in [2.75, 3.05) is 20.2 Å². The summed E-state index contributed by atoms with van der Waals surface area (Å²) in [4.78, 5) is 12.2. The van der Waals surface area contributed by atoms with E-state index in [-0.39, 0.29) is 29.8 Å². The van der Waals surface area contributed by atoms with E-state index in [9.17, 15) is 17.6 Å². The quantitative estimate of drug-likeness (QED) is 0.747. The number of hydrogen-bond donors (Lipinski definition) is 1. The Bertz CT molecular complexity index is 957. The van der Waals surface area contributed by atoms with E-state index in [0.717, 1.165) is 17.2 Å². The molecule has 6 nitrogen and oxygen atoms in total. The molecule has 0 atom stereocenters. The Balaban J connectivity index is 1.54. The molecule has 1 saturated heterocycles. The molecule has 1 fully saturated rings. The first kappa shape index (κ1) is 21.4. The second kappa shape index (κ2) is 9.47. The van der Waals surface area contributed by atoms with Crippen molar-refractivity contribution in [2.24, 2.45) is 5.92 Å². The number of ether oxygens (including phenoxy) is 1. The Kier molecular flexibility index (Phi) is 7.00. The minimum Gasteiger partial charge on any atom is -0.380 e. The first-order chi connectivity index (χ1) is 13.9. The lowest BCUT2D eigenvalue weighted by Gasteiger charge is -2.30. The Morgan fingerprint density at radius 1 is 1.14 bits per heavy atom. The van der Waals surface area contributed by atoms with Crippen LogP contribution in [-0.2, 0) is 32.7 Å². The summed E-state index contributed by atoms with van der Waals surface area (Å²) in [7, 11) is -2.26. The number of carbonyl (C=O) groups is 1. The molecule has 0 bridgehead atoms. The zero-order valence-electron chi connectivity index (χ0n) is 16.3. The first-order valence-electron chi connectivity index (χ1n) is 9.51. The number of rotatable bonds is 7. The molecule has 1 aliphatic heterocycles. The van der Waals surface area contributed by atoms with Gasteiger partial charge in [0.2, 0.25) is 15.9 Å². The maximum atomic E-state index is 13.9. The summed E-state index contributed by atoms with van der Waals surface area (Å²) in [5.41, 5.74) is 2.01. The number of carbonyl (C=O) groups excluding carboxylic acids is 1. The van der Waals surface area contributed by atoms with Crippen LogP contribution in [0.4, 0.5) is 4.39 Å². The van der Waals surface area contributed by atoms with E-state index in [0.29, 0.717) is 26.0 Å². The fraction of sp³-hybridized carbons (Fsp3) is 0.381. The zero-order valence-corrected chi connectivity index (χ0v) is 17.1. The monoisotopic (exact) mass is 420 g/mol. The van der Waals surface area contributed by atoms with Gasteiger partial charge in [-0.3, -0.25) is 4.79 Å². The zero-order chi connectivity index (χ0) is 20.9. The Morgan fingerprint density at radius 3 is 2.52 bits per heavy atom. The van der Waals surface area contributed by atoms with Crippen molar-refractivity contribution < 1.29 is 22.3 Å². The van der Waals surface area contributed by atoms with Crippen molar-refractivity contribution in [1.29, 1.82) is 0 Å². The second-order valence-electron chi connectivity index (χ2n) is 7.08. The summed E-state index contributed by atoms with van der Waals surface area (Å²) < 4.78 is 45.6. The van der Waals surface area contributed by atoms with E-state index in [1.54, 1.807) is 7.11 Å². The van der Waals surface area contributed by atoms with E-state index < -0.39 is 15.8 Å². The Labute approximate surface area is 170 Å². The predicted octanol–water partition coefficient (Wildman–Crippen LogP) is 2.69. The maximum absolute atomic E-state index is 13.9. The van der Waals surface area contributed by atoms with Crippen molar-refractivity contribution in [3.05, 3.63) is 65.5 Å². The number of nitrogens with one attached hydrogen (secondary N) is 1. The van der Waals surface area contributed by atoms with Gasteiger partial charge in [0.15, 0.2) is 0 Å². The highest BCUT2D eigenvalue weighted by atomic mass is 32.2. The molecule has 0 radical (unpaired) electrons. The van der Waals surface area contributed by atoms with Gasteiger partial charge in [0.25, 0.3) is 0 Å². The number of halogens is 1. The SMILES string of the molecule is COCc1cccc(CNC(=O)C2CCN(S(=O)(=O)c3ccccc3F)CC2)c1. The van der Waals surface area contributed by atoms with Crippen molar-refractivity contribution in [1.82, 2.24) is 9.62 Å². The molecule has 2 aromatic carbocycles. The van der Waals surface area contributed by atoms with Gasteiger partial charge in [-0.15, -0.1) is 0 Å². The number of nitrogens with zero attached hydrogens (tertiary/aromatic N) is 1. The Hall–Kier alpha value is -2.29. The van der Waals surface area contributed by atoms with Crippen LogP contribution in [0.15, 0.2) is 53.4 Å². The van der Waals surface area contributed by atoms with Crippen molar-refractivity contribution in [3.8, 4) is 0 Å². The highest BCUT2D eigenvalue weighted by molar-refractivity contribution is 7.89. The molecule has 1 heterocycles. The maximum Gasteiger partial charge on any atom is 0.245 e. The molecule has 1 N–H and O–H groups in total. The molecular weight excluding hydrogens is 395 g/mol. The molecule has 0 unspecified atom stereocenters. The molecule has 156 valence electrons. The molecule has 0 spiro atoms. The van der Waals surface area contributed by atoms with Crippen LogP contribution in [0.5, 0.6) is 0 Å². The molecular formula is C21H25FN2O4S. The molecule has 2 aromatic rings. The van der Waals surface area contributed by atoms with Crippen LogP contribution in [0.3, 0.4) is 0 Å². The van der Waals surface area contributed by atoms with E-state index >= 15 is 0 Å². The molecule has 8 heteroatoms. The summed E-state index contributed by atoms with van der Waals surface area (Å²) in [6.45, 7) is 1.30. The number of amides is 1. The summed E-state index contributed by atoms with van der Waals surface area (Å²) in [5, 5.41) is 2.92. The van der Waals surface area contributed by atoms with Gasteiger partial charge in [-0.2, -0.15) is 4.31 Å². The molecule has 0 aromatic heterocycles. The number of sulfonamides is 1. The van der Waals surface area contributed by atoms with E-state index in [4.69, 9.17) is 4.74 Å². The fourth-order valence-corrected chi connectivity index (χ4v) is 5.02. The molecule has 3 rings (SSSR count). The van der Waals surface area contributed by atoms with Gasteiger partial charge in [-0.25, -0.2) is 12.8 Å². The van der Waals surface area contributed by atoms with Crippen LogP contribution in [0.2, 0.25) is 0 Å². The van der Waals surface area contributed by atoms with Crippen LogP contribution in [0.25, 0.3) is 0 Å². The lowest BCUT2D eigenvalue weighted by atomic mass is 9.97. The van der Waals surface area contributed by atoms with E-state index in [2.05, 4.69) is 5.32 Å². The third kappa shape index (κ3) is 5.20. The third-order valence-corrected chi connectivity index (χ3v) is 6.98. The fourth-order valence-electron chi connectivity index (χ4n) is 3.48. The highest BCUT2D eigenvalue weighted by Crippen LogP contribution is 2.25. The number of benzene rings is 2. The van der Waals surface area contributed by atoms with Crippen LogP contribution < -0.4 is 5.32 Å². The molecule has 29 heavy (non-hydrogen) atoms. The largest absolute Gasteiger partial charge is 0.380 e. The minimum atomic E-state index is -3.89. The highest BCUT2D eigenvalue weighted by Gasteiger charge is 2.33. The molecule has 0 saturated carbocycles.